The number of anilines is 1. The van der Waals surface area contributed by atoms with Crippen molar-refractivity contribution >= 4 is 29.2 Å². The van der Waals surface area contributed by atoms with Gasteiger partial charge in [-0.2, -0.15) is 5.10 Å². The molecule has 3 aromatic rings. The number of hydrogen-bond acceptors (Lipinski definition) is 6. The smallest absolute Gasteiger partial charge is 0.340 e. The Morgan fingerprint density at radius 2 is 2.04 bits per heavy atom. The van der Waals surface area contributed by atoms with Gasteiger partial charge in [-0.15, -0.1) is 0 Å². The lowest BCUT2D eigenvalue weighted by Gasteiger charge is -2.12. The fourth-order valence-electron chi connectivity index (χ4n) is 2.44. The highest BCUT2D eigenvalue weighted by Gasteiger charge is 2.20. The molecule has 0 aliphatic heterocycles. The Labute approximate surface area is 143 Å². The second-order valence-electron chi connectivity index (χ2n) is 5.04. The first-order chi connectivity index (χ1) is 12.1. The number of nitrogens with one attached hydrogen (secondary N) is 2. The lowest BCUT2D eigenvalue weighted by Crippen LogP contribution is -2.07. The molecule has 8 heteroatoms. The highest BCUT2D eigenvalue weighted by molar-refractivity contribution is 6.02. The Hall–Kier alpha value is -3.55. The van der Waals surface area contributed by atoms with Crippen molar-refractivity contribution in [1.82, 2.24) is 9.97 Å². The van der Waals surface area contributed by atoms with Gasteiger partial charge in [0.1, 0.15) is 5.56 Å². The predicted octanol–water partition coefficient (Wildman–Crippen LogP) is 2.72. The van der Waals surface area contributed by atoms with Crippen molar-refractivity contribution in [3.05, 3.63) is 47.5 Å². The molecule has 0 atom stereocenters. The van der Waals surface area contributed by atoms with Crippen LogP contribution in [0.2, 0.25) is 0 Å². The van der Waals surface area contributed by atoms with E-state index < -0.39 is 5.97 Å². The van der Waals surface area contributed by atoms with Gasteiger partial charge in [0.15, 0.2) is 11.5 Å². The van der Waals surface area contributed by atoms with Crippen LogP contribution in [-0.2, 0) is 0 Å². The van der Waals surface area contributed by atoms with E-state index in [2.05, 4.69) is 20.5 Å². The molecule has 0 bridgehead atoms. The van der Waals surface area contributed by atoms with Crippen molar-refractivity contribution in [1.29, 1.82) is 0 Å². The zero-order valence-electron chi connectivity index (χ0n) is 13.6. The number of rotatable bonds is 6. The van der Waals surface area contributed by atoms with E-state index in [1.54, 1.807) is 12.1 Å². The largest absolute Gasteiger partial charge is 0.493 e. The van der Waals surface area contributed by atoms with E-state index in [0.29, 0.717) is 17.3 Å². The molecule has 25 heavy (non-hydrogen) atoms. The van der Waals surface area contributed by atoms with E-state index in [1.807, 2.05) is 24.3 Å². The number of imidazole rings is 1. The zero-order chi connectivity index (χ0) is 17.8. The van der Waals surface area contributed by atoms with Crippen molar-refractivity contribution < 1.29 is 19.4 Å². The Kier molecular flexibility index (Phi) is 4.51. The first-order valence-corrected chi connectivity index (χ1v) is 7.36. The summed E-state index contributed by atoms with van der Waals surface area (Å²) >= 11 is 0. The average molecular weight is 340 g/mol. The highest BCUT2D eigenvalue weighted by atomic mass is 16.5. The molecule has 0 fully saturated rings. The molecule has 3 N–H and O–H groups in total. The van der Waals surface area contributed by atoms with Crippen molar-refractivity contribution in [3.8, 4) is 11.5 Å². The standard InChI is InChI=1S/C17H16N4O4/c1-24-13-8-7-10(14(16(22)23)15(13)25-2)9-18-21-17-19-11-5-3-4-6-12(11)20-17/h3-9H,1-2H3,(H,22,23)(H2,19,20,21)/b18-9-. The number of H-pyrrole nitrogens is 1. The minimum atomic E-state index is -1.14. The molecule has 2 aromatic carbocycles. The Morgan fingerprint density at radius 1 is 1.24 bits per heavy atom. The summed E-state index contributed by atoms with van der Waals surface area (Å²) in [4.78, 5) is 19.0. The van der Waals surface area contributed by atoms with Crippen LogP contribution < -0.4 is 14.9 Å². The normalized spacial score (nSPS) is 11.0. The number of carboxylic acid groups (broad SMARTS) is 1. The molecule has 0 amide bonds. The van der Waals surface area contributed by atoms with Gasteiger partial charge in [0.2, 0.25) is 5.95 Å². The van der Waals surface area contributed by atoms with Gasteiger partial charge in [-0.1, -0.05) is 12.1 Å². The van der Waals surface area contributed by atoms with Gasteiger partial charge in [-0.05, 0) is 24.3 Å². The first-order valence-electron chi connectivity index (χ1n) is 7.36. The lowest BCUT2D eigenvalue weighted by atomic mass is 10.1. The fraction of sp³-hybridized carbons (Fsp3) is 0.118. The van der Waals surface area contributed by atoms with Crippen LogP contribution in [0.15, 0.2) is 41.5 Å². The molecule has 1 heterocycles. The van der Waals surface area contributed by atoms with Crippen molar-refractivity contribution in [2.24, 2.45) is 5.10 Å². The third-order valence-electron chi connectivity index (χ3n) is 3.56. The molecule has 1 aromatic heterocycles. The van der Waals surface area contributed by atoms with Crippen LogP contribution in [0.1, 0.15) is 15.9 Å². The van der Waals surface area contributed by atoms with E-state index in [4.69, 9.17) is 9.47 Å². The molecule has 0 aliphatic rings. The summed E-state index contributed by atoms with van der Waals surface area (Å²) in [6, 6.07) is 10.8. The number of para-hydroxylation sites is 2. The van der Waals surface area contributed by atoms with Crippen LogP contribution in [0.5, 0.6) is 11.5 Å². The Morgan fingerprint density at radius 3 is 2.72 bits per heavy atom. The molecule has 0 saturated carbocycles. The van der Waals surface area contributed by atoms with Crippen LogP contribution in [0, 0.1) is 0 Å². The fourth-order valence-corrected chi connectivity index (χ4v) is 2.44. The number of carbonyl (C=O) groups is 1. The number of hydrazone groups is 1. The highest BCUT2D eigenvalue weighted by Crippen LogP contribution is 2.32. The van der Waals surface area contributed by atoms with Crippen LogP contribution in [-0.4, -0.2) is 41.5 Å². The number of carboxylic acids is 1. The van der Waals surface area contributed by atoms with Gasteiger partial charge in [0.05, 0.1) is 31.5 Å². The monoisotopic (exact) mass is 340 g/mol. The number of fused-ring (bicyclic) bond motifs is 1. The average Bonchev–Trinajstić information content (AvgIpc) is 3.03. The first kappa shape index (κ1) is 16.3. The minimum absolute atomic E-state index is 0.0305. The second kappa shape index (κ2) is 6.91. The number of aromatic carboxylic acids is 1. The van der Waals surface area contributed by atoms with Gasteiger partial charge in [-0.3, -0.25) is 0 Å². The topological polar surface area (TPSA) is 109 Å². The van der Waals surface area contributed by atoms with Gasteiger partial charge in [0.25, 0.3) is 0 Å². The number of aromatic amines is 1. The number of ether oxygens (including phenoxy) is 2. The summed E-state index contributed by atoms with van der Waals surface area (Å²) in [6.45, 7) is 0. The summed E-state index contributed by atoms with van der Waals surface area (Å²) in [7, 11) is 2.83. The van der Waals surface area contributed by atoms with E-state index in [-0.39, 0.29) is 11.3 Å². The molecule has 8 nitrogen and oxygen atoms in total. The van der Waals surface area contributed by atoms with Crippen molar-refractivity contribution in [2.45, 2.75) is 0 Å². The Balaban J connectivity index is 1.88. The summed E-state index contributed by atoms with van der Waals surface area (Å²) in [5, 5.41) is 13.5. The van der Waals surface area contributed by atoms with E-state index >= 15 is 0 Å². The number of methoxy groups -OCH3 is 2. The number of aromatic nitrogens is 2. The van der Waals surface area contributed by atoms with Crippen LogP contribution in [0.3, 0.4) is 0 Å². The second-order valence-corrected chi connectivity index (χ2v) is 5.04. The quantitative estimate of drug-likeness (QED) is 0.470. The SMILES string of the molecule is COc1ccc(/C=N\Nc2nc3ccccc3[nH]2)c(C(=O)O)c1OC. The molecular weight excluding hydrogens is 324 g/mol. The molecule has 0 saturated heterocycles. The molecular formula is C17H16N4O4. The van der Waals surface area contributed by atoms with Crippen molar-refractivity contribution in [2.75, 3.05) is 19.6 Å². The van der Waals surface area contributed by atoms with E-state index in [9.17, 15) is 9.90 Å². The van der Waals surface area contributed by atoms with Gasteiger partial charge < -0.3 is 19.6 Å². The maximum Gasteiger partial charge on any atom is 0.340 e. The minimum Gasteiger partial charge on any atom is -0.493 e. The maximum absolute atomic E-state index is 11.6. The summed E-state index contributed by atoms with van der Waals surface area (Å²) < 4.78 is 10.3. The van der Waals surface area contributed by atoms with Crippen LogP contribution in [0.25, 0.3) is 11.0 Å². The molecule has 0 radical (unpaired) electrons. The predicted molar refractivity (Wildman–Crippen MR) is 93.8 cm³/mol. The molecule has 3 rings (SSSR count). The Bertz CT molecular complexity index is 916. The maximum atomic E-state index is 11.6. The molecule has 128 valence electrons. The summed E-state index contributed by atoms with van der Waals surface area (Å²) in [5.41, 5.74) is 4.77. The van der Waals surface area contributed by atoms with Crippen molar-refractivity contribution in [3.63, 3.8) is 0 Å². The zero-order valence-corrected chi connectivity index (χ0v) is 13.6. The van der Waals surface area contributed by atoms with Crippen LogP contribution in [0.4, 0.5) is 5.95 Å². The summed E-state index contributed by atoms with van der Waals surface area (Å²) in [5.74, 6) is -0.208. The van der Waals surface area contributed by atoms with Crippen LogP contribution >= 0.6 is 0 Å². The molecule has 0 aliphatic carbocycles. The van der Waals surface area contributed by atoms with E-state index in [0.717, 1.165) is 11.0 Å². The third kappa shape index (κ3) is 3.23. The third-order valence-corrected chi connectivity index (χ3v) is 3.56. The van der Waals surface area contributed by atoms with Gasteiger partial charge >= 0.3 is 5.97 Å². The van der Waals surface area contributed by atoms with Gasteiger partial charge in [-0.25, -0.2) is 15.2 Å². The number of hydrogen-bond donors (Lipinski definition) is 3. The number of benzene rings is 2. The molecule has 0 spiro atoms. The molecule has 0 unspecified atom stereocenters. The van der Waals surface area contributed by atoms with E-state index in [1.165, 1.54) is 20.4 Å². The number of nitrogens with zero attached hydrogens (tertiary/aromatic N) is 2. The van der Waals surface area contributed by atoms with Gasteiger partial charge in [0, 0.05) is 5.56 Å². The summed E-state index contributed by atoms with van der Waals surface area (Å²) in [6.07, 6.45) is 1.39. The lowest BCUT2D eigenvalue weighted by molar-refractivity contribution is 0.0692.